The van der Waals surface area contributed by atoms with E-state index in [0.717, 1.165) is 26.2 Å². The molecule has 0 N–H and O–H groups in total. The molecule has 2 aliphatic rings. The van der Waals surface area contributed by atoms with Gasteiger partial charge in [0.05, 0.1) is 6.42 Å². The van der Waals surface area contributed by atoms with Crippen LogP contribution in [0.1, 0.15) is 6.42 Å². The molecule has 0 bridgehead atoms. The molecule has 6 nitrogen and oxygen atoms in total. The van der Waals surface area contributed by atoms with E-state index in [9.17, 15) is 9.59 Å². The first-order valence-electron chi connectivity index (χ1n) is 5.97. The monoisotopic (exact) mass is 240 g/mol. The molecule has 1 atom stereocenters. The molecule has 2 fully saturated rings. The molecule has 0 spiro atoms. The number of hydrogen-bond donors (Lipinski definition) is 0. The van der Waals surface area contributed by atoms with E-state index in [1.165, 1.54) is 5.01 Å². The Morgan fingerprint density at radius 1 is 1.12 bits per heavy atom. The van der Waals surface area contributed by atoms with Crippen molar-refractivity contribution in [1.29, 1.82) is 0 Å². The summed E-state index contributed by atoms with van der Waals surface area (Å²) in [5.41, 5.74) is 0. The average Bonchev–Trinajstić information content (AvgIpc) is 2.55. The lowest BCUT2D eigenvalue weighted by molar-refractivity contribution is -0.154. The maximum atomic E-state index is 12.1. The molecule has 2 heterocycles. The number of carbonyl (C=O) groups is 2. The third-order valence-corrected chi connectivity index (χ3v) is 3.48. The highest BCUT2D eigenvalue weighted by molar-refractivity contribution is 6.04. The summed E-state index contributed by atoms with van der Waals surface area (Å²) >= 11 is 0. The number of rotatable bonds is 2. The van der Waals surface area contributed by atoms with Gasteiger partial charge in [-0.05, 0) is 7.05 Å². The van der Waals surface area contributed by atoms with Crippen LogP contribution in [0, 0.1) is 0 Å². The second-order valence-corrected chi connectivity index (χ2v) is 4.95. The number of carbonyl (C=O) groups excluding carboxylic acids is 2. The fraction of sp³-hybridized carbons (Fsp3) is 0.818. The van der Waals surface area contributed by atoms with Gasteiger partial charge in [0, 0.05) is 40.3 Å². The molecule has 0 radical (unpaired) electrons. The van der Waals surface area contributed by atoms with Crippen LogP contribution in [-0.2, 0) is 9.59 Å². The molecule has 0 aromatic rings. The number of likely N-dealkylation sites (N-methyl/N-ethyl adjacent to an activating group) is 1. The van der Waals surface area contributed by atoms with Gasteiger partial charge in [0.1, 0.15) is 6.04 Å². The van der Waals surface area contributed by atoms with Crippen LogP contribution < -0.4 is 0 Å². The van der Waals surface area contributed by atoms with Gasteiger partial charge in [-0.2, -0.15) is 0 Å². The van der Waals surface area contributed by atoms with Gasteiger partial charge in [0.2, 0.25) is 5.91 Å². The van der Waals surface area contributed by atoms with Crippen LogP contribution in [-0.4, -0.2) is 85.0 Å². The molecular weight excluding hydrogens is 220 g/mol. The standard InChI is InChI=1S/C11H20N4O2/c1-12(2)15-10(16)8-9(11(15)17)14-6-4-13(3)5-7-14/h9H,4-8H2,1-3H3/t9-/m0/s1. The normalized spacial score (nSPS) is 28.5. The zero-order valence-corrected chi connectivity index (χ0v) is 10.7. The lowest BCUT2D eigenvalue weighted by Gasteiger charge is -2.35. The van der Waals surface area contributed by atoms with Crippen LogP contribution in [0.15, 0.2) is 0 Å². The Bertz CT molecular complexity index is 323. The van der Waals surface area contributed by atoms with Crippen molar-refractivity contribution in [3.8, 4) is 0 Å². The van der Waals surface area contributed by atoms with Gasteiger partial charge < -0.3 is 4.90 Å². The summed E-state index contributed by atoms with van der Waals surface area (Å²) in [6.07, 6.45) is 0.320. The minimum atomic E-state index is -0.251. The van der Waals surface area contributed by atoms with Crippen molar-refractivity contribution in [2.24, 2.45) is 0 Å². The number of hydrogen-bond acceptors (Lipinski definition) is 5. The Morgan fingerprint density at radius 2 is 1.71 bits per heavy atom. The van der Waals surface area contributed by atoms with E-state index in [-0.39, 0.29) is 17.9 Å². The smallest absolute Gasteiger partial charge is 0.261 e. The van der Waals surface area contributed by atoms with E-state index in [2.05, 4.69) is 16.8 Å². The zero-order chi connectivity index (χ0) is 12.6. The average molecular weight is 240 g/mol. The number of hydrazine groups is 1. The third kappa shape index (κ3) is 2.34. The Hall–Kier alpha value is -0.980. The van der Waals surface area contributed by atoms with Gasteiger partial charge in [-0.15, -0.1) is 0 Å². The van der Waals surface area contributed by atoms with Crippen molar-refractivity contribution in [3.63, 3.8) is 0 Å². The fourth-order valence-corrected chi connectivity index (χ4v) is 2.44. The molecule has 2 aliphatic heterocycles. The van der Waals surface area contributed by atoms with Crippen molar-refractivity contribution in [3.05, 3.63) is 0 Å². The SMILES string of the molecule is CN1CCN([C@H]2CC(=O)N(N(C)C)C2=O)CC1. The Morgan fingerprint density at radius 3 is 2.18 bits per heavy atom. The van der Waals surface area contributed by atoms with Gasteiger partial charge in [-0.25, -0.2) is 10.0 Å². The molecule has 0 aromatic heterocycles. The summed E-state index contributed by atoms with van der Waals surface area (Å²) in [7, 11) is 5.52. The molecule has 0 unspecified atom stereocenters. The summed E-state index contributed by atoms with van der Waals surface area (Å²) in [6.45, 7) is 3.64. The zero-order valence-electron chi connectivity index (χ0n) is 10.7. The lowest BCUT2D eigenvalue weighted by Crippen LogP contribution is -2.52. The fourth-order valence-electron chi connectivity index (χ4n) is 2.44. The first-order chi connectivity index (χ1) is 8.00. The van der Waals surface area contributed by atoms with E-state index < -0.39 is 0 Å². The van der Waals surface area contributed by atoms with E-state index in [4.69, 9.17) is 0 Å². The third-order valence-electron chi connectivity index (χ3n) is 3.48. The summed E-state index contributed by atoms with van der Waals surface area (Å²) in [5, 5.41) is 2.82. The van der Waals surface area contributed by atoms with Gasteiger partial charge in [-0.3, -0.25) is 14.5 Å². The maximum Gasteiger partial charge on any atom is 0.261 e. The van der Waals surface area contributed by atoms with Crippen LogP contribution in [0.25, 0.3) is 0 Å². The molecule has 0 aliphatic carbocycles. The molecule has 2 rings (SSSR count). The van der Waals surface area contributed by atoms with Crippen LogP contribution in [0.3, 0.4) is 0 Å². The predicted octanol–water partition coefficient (Wildman–Crippen LogP) is -1.16. The lowest BCUT2D eigenvalue weighted by atomic mass is 10.2. The number of amides is 2. The van der Waals surface area contributed by atoms with Gasteiger partial charge in [0.25, 0.3) is 5.91 Å². The second-order valence-electron chi connectivity index (χ2n) is 4.95. The largest absolute Gasteiger partial charge is 0.304 e. The van der Waals surface area contributed by atoms with E-state index in [1.807, 2.05) is 0 Å². The van der Waals surface area contributed by atoms with Crippen molar-refractivity contribution < 1.29 is 9.59 Å². The predicted molar refractivity (Wildman–Crippen MR) is 63.0 cm³/mol. The van der Waals surface area contributed by atoms with Crippen molar-refractivity contribution in [2.45, 2.75) is 12.5 Å². The molecule has 0 saturated carbocycles. The van der Waals surface area contributed by atoms with E-state index in [1.54, 1.807) is 19.1 Å². The number of piperazine rings is 1. The quantitative estimate of drug-likeness (QED) is 0.570. The summed E-state index contributed by atoms with van der Waals surface area (Å²) < 4.78 is 0. The van der Waals surface area contributed by atoms with Gasteiger partial charge in [-0.1, -0.05) is 0 Å². The van der Waals surface area contributed by atoms with Crippen LogP contribution in [0.2, 0.25) is 0 Å². The van der Waals surface area contributed by atoms with Crippen molar-refractivity contribution in [2.75, 3.05) is 47.3 Å². The molecular formula is C11H20N4O2. The van der Waals surface area contributed by atoms with Gasteiger partial charge in [0.15, 0.2) is 0 Å². The topological polar surface area (TPSA) is 47.1 Å². The highest BCUT2D eigenvalue weighted by Crippen LogP contribution is 2.20. The highest BCUT2D eigenvalue weighted by atomic mass is 16.2. The number of imide groups is 1. The molecule has 0 aromatic carbocycles. The summed E-state index contributed by atoms with van der Waals surface area (Å²) in [4.78, 5) is 28.3. The van der Waals surface area contributed by atoms with E-state index >= 15 is 0 Å². The van der Waals surface area contributed by atoms with Crippen LogP contribution >= 0.6 is 0 Å². The highest BCUT2D eigenvalue weighted by Gasteiger charge is 2.43. The van der Waals surface area contributed by atoms with Crippen LogP contribution in [0.5, 0.6) is 0 Å². The Labute approximate surface area is 102 Å². The van der Waals surface area contributed by atoms with E-state index in [0.29, 0.717) is 6.42 Å². The van der Waals surface area contributed by atoms with Crippen LogP contribution in [0.4, 0.5) is 0 Å². The minimum Gasteiger partial charge on any atom is -0.304 e. The summed E-state index contributed by atoms with van der Waals surface area (Å²) in [6, 6.07) is -0.251. The Balaban J connectivity index is 2.04. The van der Waals surface area contributed by atoms with Gasteiger partial charge >= 0.3 is 0 Å². The molecule has 2 saturated heterocycles. The minimum absolute atomic E-state index is 0.0791. The van der Waals surface area contributed by atoms with Crippen molar-refractivity contribution >= 4 is 11.8 Å². The second kappa shape index (κ2) is 4.72. The Kier molecular flexibility index (Phi) is 3.46. The first-order valence-corrected chi connectivity index (χ1v) is 5.97. The maximum absolute atomic E-state index is 12.1. The molecule has 17 heavy (non-hydrogen) atoms. The summed E-state index contributed by atoms with van der Waals surface area (Å²) in [5.74, 6) is -0.173. The molecule has 96 valence electrons. The first kappa shape index (κ1) is 12.5. The molecule has 2 amide bonds. The number of nitrogens with zero attached hydrogens (tertiary/aromatic N) is 4. The molecule has 6 heteroatoms. The van der Waals surface area contributed by atoms with Crippen molar-refractivity contribution in [1.82, 2.24) is 19.8 Å².